The Labute approximate surface area is 115 Å². The van der Waals surface area contributed by atoms with Crippen LogP contribution in [-0.4, -0.2) is 53.7 Å². The highest BCUT2D eigenvalue weighted by Crippen LogP contribution is 1.99. The van der Waals surface area contributed by atoms with Crippen LogP contribution < -0.4 is 10.6 Å². The van der Waals surface area contributed by atoms with Gasteiger partial charge >= 0.3 is 12.0 Å². The minimum Gasteiger partial charge on any atom is -0.480 e. The van der Waals surface area contributed by atoms with E-state index in [0.29, 0.717) is 0 Å². The van der Waals surface area contributed by atoms with Gasteiger partial charge in [0.15, 0.2) is 0 Å². The number of nitrogens with one attached hydrogen (secondary N) is 2. The van der Waals surface area contributed by atoms with Gasteiger partial charge in [-0.1, -0.05) is 13.8 Å². The zero-order chi connectivity index (χ0) is 14.8. The largest absolute Gasteiger partial charge is 0.480 e. The minimum atomic E-state index is -1.04. The van der Waals surface area contributed by atoms with E-state index in [9.17, 15) is 9.59 Å². The molecule has 6 nitrogen and oxygen atoms in total. The zero-order valence-electron chi connectivity index (χ0n) is 12.4. The second-order valence-corrected chi connectivity index (χ2v) is 4.75. The molecule has 0 aliphatic rings. The number of carboxylic acids is 1. The molecule has 0 heterocycles. The van der Waals surface area contributed by atoms with Crippen molar-refractivity contribution in [3.05, 3.63) is 0 Å². The molecule has 6 heteroatoms. The first-order chi connectivity index (χ1) is 8.90. The van der Waals surface area contributed by atoms with E-state index in [4.69, 9.17) is 5.11 Å². The number of aliphatic carboxylic acids is 1. The summed E-state index contributed by atoms with van der Waals surface area (Å²) < 4.78 is 0. The van der Waals surface area contributed by atoms with Crippen LogP contribution >= 0.6 is 0 Å². The fraction of sp³-hybridized carbons (Fsp3) is 0.846. The molecule has 0 aromatic carbocycles. The van der Waals surface area contributed by atoms with Gasteiger partial charge in [-0.15, -0.1) is 0 Å². The quantitative estimate of drug-likeness (QED) is 0.591. The first kappa shape index (κ1) is 17.7. The van der Waals surface area contributed by atoms with Gasteiger partial charge in [0.2, 0.25) is 0 Å². The van der Waals surface area contributed by atoms with Crippen molar-refractivity contribution in [3.8, 4) is 0 Å². The van der Waals surface area contributed by atoms with Crippen LogP contribution in [0.3, 0.4) is 0 Å². The summed E-state index contributed by atoms with van der Waals surface area (Å²) in [7, 11) is 0. The Morgan fingerprint density at radius 3 is 2.21 bits per heavy atom. The molecule has 0 aliphatic heterocycles. The van der Waals surface area contributed by atoms with Crippen LogP contribution in [0, 0.1) is 0 Å². The lowest BCUT2D eigenvalue weighted by Gasteiger charge is -2.20. The number of rotatable bonds is 9. The number of urea groups is 1. The van der Waals surface area contributed by atoms with Crippen molar-refractivity contribution in [1.82, 2.24) is 15.5 Å². The molecule has 0 fully saturated rings. The smallest absolute Gasteiger partial charge is 0.325 e. The standard InChI is InChI=1S/C13H27N3O3/c1-5-16(6-2)9-7-8-10(3)14-13(19)15-11(4)12(17)18/h10-11H,5-9H2,1-4H3,(H,17,18)(H2,14,15,19)/t10?,11-/m1/s1. The SMILES string of the molecule is CCN(CC)CCCC(C)NC(=O)N[C@H](C)C(=O)O. The van der Waals surface area contributed by atoms with Gasteiger partial charge in [0.25, 0.3) is 0 Å². The monoisotopic (exact) mass is 273 g/mol. The topological polar surface area (TPSA) is 81.7 Å². The van der Waals surface area contributed by atoms with E-state index in [1.807, 2.05) is 6.92 Å². The number of nitrogens with zero attached hydrogens (tertiary/aromatic N) is 1. The van der Waals surface area contributed by atoms with Crippen LogP contribution in [0.5, 0.6) is 0 Å². The predicted octanol–water partition coefficient (Wildman–Crippen LogP) is 1.27. The van der Waals surface area contributed by atoms with E-state index in [1.165, 1.54) is 6.92 Å². The predicted molar refractivity (Wildman–Crippen MR) is 75.2 cm³/mol. The van der Waals surface area contributed by atoms with Gasteiger partial charge < -0.3 is 20.6 Å². The lowest BCUT2D eigenvalue weighted by atomic mass is 10.2. The van der Waals surface area contributed by atoms with Crippen molar-refractivity contribution in [2.45, 2.75) is 52.6 Å². The number of hydrogen-bond donors (Lipinski definition) is 3. The number of carboxylic acid groups (broad SMARTS) is 1. The van der Waals surface area contributed by atoms with Crippen molar-refractivity contribution < 1.29 is 14.7 Å². The normalized spacial score (nSPS) is 13.9. The van der Waals surface area contributed by atoms with Crippen molar-refractivity contribution in [1.29, 1.82) is 0 Å². The van der Waals surface area contributed by atoms with Crippen LogP contribution in [0.1, 0.15) is 40.5 Å². The van der Waals surface area contributed by atoms with E-state index >= 15 is 0 Å². The first-order valence-corrected chi connectivity index (χ1v) is 6.92. The summed E-state index contributed by atoms with van der Waals surface area (Å²) in [5.74, 6) is -1.04. The lowest BCUT2D eigenvalue weighted by Crippen LogP contribution is -2.47. The molecule has 0 saturated heterocycles. The molecule has 0 saturated carbocycles. The van der Waals surface area contributed by atoms with Gasteiger partial charge in [0, 0.05) is 6.04 Å². The summed E-state index contributed by atoms with van der Waals surface area (Å²) in [6.07, 6.45) is 1.89. The summed E-state index contributed by atoms with van der Waals surface area (Å²) in [5, 5.41) is 13.8. The van der Waals surface area contributed by atoms with Crippen LogP contribution in [-0.2, 0) is 4.79 Å². The van der Waals surface area contributed by atoms with Crippen LogP contribution in [0.15, 0.2) is 0 Å². The highest BCUT2D eigenvalue weighted by Gasteiger charge is 2.15. The highest BCUT2D eigenvalue weighted by molar-refractivity contribution is 5.82. The van der Waals surface area contributed by atoms with Crippen molar-refractivity contribution in [2.75, 3.05) is 19.6 Å². The Morgan fingerprint density at radius 2 is 1.74 bits per heavy atom. The molecule has 0 spiro atoms. The Balaban J connectivity index is 3.82. The molecule has 19 heavy (non-hydrogen) atoms. The second-order valence-electron chi connectivity index (χ2n) is 4.75. The van der Waals surface area contributed by atoms with Crippen molar-refractivity contribution >= 4 is 12.0 Å². The molecule has 0 radical (unpaired) electrons. The van der Waals surface area contributed by atoms with E-state index in [-0.39, 0.29) is 6.04 Å². The Morgan fingerprint density at radius 1 is 1.16 bits per heavy atom. The second kappa shape index (κ2) is 9.61. The van der Waals surface area contributed by atoms with Crippen LogP contribution in [0.4, 0.5) is 4.79 Å². The summed E-state index contributed by atoms with van der Waals surface area (Å²) in [4.78, 5) is 24.4. The number of amides is 2. The highest BCUT2D eigenvalue weighted by atomic mass is 16.4. The molecular formula is C13H27N3O3. The fourth-order valence-electron chi connectivity index (χ4n) is 1.76. The number of carbonyl (C=O) groups is 2. The maximum atomic E-state index is 11.5. The van der Waals surface area contributed by atoms with E-state index in [1.54, 1.807) is 0 Å². The third-order valence-electron chi connectivity index (χ3n) is 3.10. The van der Waals surface area contributed by atoms with Crippen LogP contribution in [0.2, 0.25) is 0 Å². The minimum absolute atomic E-state index is 0.0385. The molecule has 2 amide bonds. The van der Waals surface area contributed by atoms with E-state index in [2.05, 4.69) is 29.4 Å². The molecule has 3 N–H and O–H groups in total. The van der Waals surface area contributed by atoms with Gasteiger partial charge in [-0.2, -0.15) is 0 Å². The van der Waals surface area contributed by atoms with Crippen molar-refractivity contribution in [3.63, 3.8) is 0 Å². The lowest BCUT2D eigenvalue weighted by molar-refractivity contribution is -0.138. The molecule has 0 aliphatic carbocycles. The van der Waals surface area contributed by atoms with E-state index < -0.39 is 18.0 Å². The van der Waals surface area contributed by atoms with Gasteiger partial charge in [0.1, 0.15) is 6.04 Å². The average Bonchev–Trinajstić information content (AvgIpc) is 2.34. The molecular weight excluding hydrogens is 246 g/mol. The molecule has 0 rings (SSSR count). The van der Waals surface area contributed by atoms with Crippen LogP contribution in [0.25, 0.3) is 0 Å². The van der Waals surface area contributed by atoms with Gasteiger partial charge in [0.05, 0.1) is 0 Å². The number of hydrogen-bond acceptors (Lipinski definition) is 3. The van der Waals surface area contributed by atoms with Gasteiger partial charge in [-0.25, -0.2) is 4.79 Å². The first-order valence-electron chi connectivity index (χ1n) is 6.92. The third-order valence-corrected chi connectivity index (χ3v) is 3.10. The summed E-state index contributed by atoms with van der Waals surface area (Å²) >= 11 is 0. The van der Waals surface area contributed by atoms with Crippen molar-refractivity contribution in [2.24, 2.45) is 0 Å². The summed E-state index contributed by atoms with van der Waals surface area (Å²) in [5.41, 5.74) is 0. The fourth-order valence-corrected chi connectivity index (χ4v) is 1.76. The Bertz CT molecular complexity index is 280. The summed E-state index contributed by atoms with van der Waals surface area (Å²) in [6, 6.07) is -1.26. The molecule has 1 unspecified atom stereocenters. The van der Waals surface area contributed by atoms with Gasteiger partial charge in [-0.3, -0.25) is 4.79 Å². The molecule has 2 atom stereocenters. The maximum absolute atomic E-state index is 11.5. The zero-order valence-corrected chi connectivity index (χ0v) is 12.4. The molecule has 0 aromatic rings. The Kier molecular flexibility index (Phi) is 8.95. The van der Waals surface area contributed by atoms with E-state index in [0.717, 1.165) is 32.5 Å². The maximum Gasteiger partial charge on any atom is 0.325 e. The third kappa shape index (κ3) is 8.42. The summed E-state index contributed by atoms with van der Waals surface area (Å²) in [6.45, 7) is 10.7. The van der Waals surface area contributed by atoms with Gasteiger partial charge in [-0.05, 0) is 46.3 Å². The molecule has 0 bridgehead atoms. The number of carbonyl (C=O) groups excluding carboxylic acids is 1. The Hall–Kier alpha value is -1.30. The molecule has 0 aromatic heterocycles. The average molecular weight is 273 g/mol. The molecule has 112 valence electrons.